The number of carbonyl (C=O) groups is 1. The molecule has 1 amide bonds. The Bertz CT molecular complexity index is 699. The molecule has 0 aliphatic carbocycles. The topological polar surface area (TPSA) is 59.6 Å². The Morgan fingerprint density at radius 1 is 1.12 bits per heavy atom. The Morgan fingerprint density at radius 3 is 2.62 bits per heavy atom. The van der Waals surface area contributed by atoms with Crippen molar-refractivity contribution in [3.63, 3.8) is 0 Å². The molecule has 2 N–H and O–H groups in total. The number of rotatable bonds is 11. The number of ether oxygens (including phenoxy) is 2. The normalized spacial score (nSPS) is 10.0. The van der Waals surface area contributed by atoms with E-state index in [0.29, 0.717) is 19.0 Å². The van der Waals surface area contributed by atoms with Gasteiger partial charge in [0.25, 0.3) is 0 Å². The lowest BCUT2D eigenvalue weighted by molar-refractivity contribution is -0.114. The standard InChI is InChI=1S/C21H26N2O3/c1-3-5-15-25-18-12-10-17(11-13-18)23-21(24)16-22-19-8-6-7-9-20(19)26-14-4-2/h4,6-13,22H,2-3,5,14-16H2,1H3,(H,23,24). The fraction of sp³-hybridized carbons (Fsp3) is 0.286. The van der Waals surface area contributed by atoms with Crippen LogP contribution >= 0.6 is 0 Å². The highest BCUT2D eigenvalue weighted by molar-refractivity contribution is 5.94. The molecule has 0 radical (unpaired) electrons. The lowest BCUT2D eigenvalue weighted by atomic mass is 10.3. The molecule has 2 rings (SSSR count). The van der Waals surface area contributed by atoms with E-state index < -0.39 is 0 Å². The van der Waals surface area contributed by atoms with Crippen LogP contribution in [0.1, 0.15) is 19.8 Å². The van der Waals surface area contributed by atoms with Crippen LogP contribution in [0.15, 0.2) is 61.2 Å². The van der Waals surface area contributed by atoms with Crippen LogP contribution in [0.3, 0.4) is 0 Å². The number of carbonyl (C=O) groups excluding carboxylic acids is 1. The smallest absolute Gasteiger partial charge is 0.243 e. The number of anilines is 2. The highest BCUT2D eigenvalue weighted by atomic mass is 16.5. The average Bonchev–Trinajstić information content (AvgIpc) is 2.67. The molecule has 26 heavy (non-hydrogen) atoms. The van der Waals surface area contributed by atoms with Crippen molar-refractivity contribution >= 4 is 17.3 Å². The summed E-state index contributed by atoms with van der Waals surface area (Å²) in [6.07, 6.45) is 3.81. The first-order valence-electron chi connectivity index (χ1n) is 8.82. The number of hydrogen-bond donors (Lipinski definition) is 2. The maximum absolute atomic E-state index is 12.1. The van der Waals surface area contributed by atoms with E-state index in [9.17, 15) is 4.79 Å². The van der Waals surface area contributed by atoms with Crippen molar-refractivity contribution in [3.05, 3.63) is 61.2 Å². The van der Waals surface area contributed by atoms with E-state index in [-0.39, 0.29) is 12.5 Å². The summed E-state index contributed by atoms with van der Waals surface area (Å²) in [5.74, 6) is 1.36. The number of nitrogens with one attached hydrogen (secondary N) is 2. The van der Waals surface area contributed by atoms with Gasteiger partial charge in [-0.25, -0.2) is 0 Å². The van der Waals surface area contributed by atoms with E-state index in [2.05, 4.69) is 24.1 Å². The first kappa shape index (κ1) is 19.4. The minimum Gasteiger partial charge on any atom is -0.494 e. The number of benzene rings is 2. The fourth-order valence-electron chi connectivity index (χ4n) is 2.24. The average molecular weight is 354 g/mol. The second kappa shape index (κ2) is 10.8. The van der Waals surface area contributed by atoms with Gasteiger partial charge in [-0.2, -0.15) is 0 Å². The van der Waals surface area contributed by atoms with Crippen LogP contribution in [0, 0.1) is 0 Å². The molecule has 2 aromatic carbocycles. The molecule has 5 nitrogen and oxygen atoms in total. The van der Waals surface area contributed by atoms with Gasteiger partial charge in [0.2, 0.25) is 5.91 Å². The van der Waals surface area contributed by atoms with Crippen LogP contribution in [0.2, 0.25) is 0 Å². The molecular weight excluding hydrogens is 328 g/mol. The van der Waals surface area contributed by atoms with Crippen molar-refractivity contribution in [2.45, 2.75) is 19.8 Å². The Balaban J connectivity index is 1.82. The fourth-order valence-corrected chi connectivity index (χ4v) is 2.24. The quantitative estimate of drug-likeness (QED) is 0.461. The molecule has 0 spiro atoms. The maximum atomic E-state index is 12.1. The van der Waals surface area contributed by atoms with Crippen LogP contribution in [0.4, 0.5) is 11.4 Å². The molecule has 5 heteroatoms. The van der Waals surface area contributed by atoms with Gasteiger partial charge in [0.1, 0.15) is 18.1 Å². The molecule has 0 unspecified atom stereocenters. The Kier molecular flexibility index (Phi) is 8.06. The second-order valence-electron chi connectivity index (χ2n) is 5.72. The third-order valence-corrected chi connectivity index (χ3v) is 3.59. The molecule has 0 aromatic heterocycles. The van der Waals surface area contributed by atoms with Gasteiger partial charge in [-0.3, -0.25) is 4.79 Å². The van der Waals surface area contributed by atoms with Crippen molar-refractivity contribution in [1.29, 1.82) is 0 Å². The maximum Gasteiger partial charge on any atom is 0.243 e. The minimum absolute atomic E-state index is 0.136. The van der Waals surface area contributed by atoms with E-state index in [1.54, 1.807) is 6.08 Å². The Morgan fingerprint density at radius 2 is 1.88 bits per heavy atom. The lowest BCUT2D eigenvalue weighted by Gasteiger charge is -2.12. The first-order chi connectivity index (χ1) is 12.7. The van der Waals surface area contributed by atoms with Crippen LogP contribution in [-0.2, 0) is 4.79 Å². The molecule has 2 aromatic rings. The second-order valence-corrected chi connectivity index (χ2v) is 5.72. The molecule has 0 bridgehead atoms. The third kappa shape index (κ3) is 6.51. The summed E-state index contributed by atoms with van der Waals surface area (Å²) in [5.41, 5.74) is 1.50. The van der Waals surface area contributed by atoms with Crippen LogP contribution in [0.25, 0.3) is 0 Å². The van der Waals surface area contributed by atoms with Gasteiger partial charge in [0.15, 0.2) is 0 Å². The highest BCUT2D eigenvalue weighted by Crippen LogP contribution is 2.23. The van der Waals surface area contributed by atoms with E-state index in [0.717, 1.165) is 30.0 Å². The summed E-state index contributed by atoms with van der Waals surface area (Å²) in [7, 11) is 0. The van der Waals surface area contributed by atoms with E-state index in [1.807, 2.05) is 48.5 Å². The zero-order valence-electron chi connectivity index (χ0n) is 15.2. The predicted octanol–water partition coefficient (Wildman–Crippen LogP) is 4.48. The van der Waals surface area contributed by atoms with Crippen molar-refractivity contribution in [2.24, 2.45) is 0 Å². The molecule has 0 atom stereocenters. The van der Waals surface area contributed by atoms with Crippen molar-refractivity contribution in [1.82, 2.24) is 0 Å². The zero-order valence-corrected chi connectivity index (χ0v) is 15.2. The zero-order chi connectivity index (χ0) is 18.6. The Labute approximate surface area is 155 Å². The molecule has 0 saturated carbocycles. The number of unbranched alkanes of at least 4 members (excludes halogenated alkanes) is 1. The molecule has 0 aliphatic rings. The Hall–Kier alpha value is -2.95. The predicted molar refractivity (Wildman–Crippen MR) is 106 cm³/mol. The summed E-state index contributed by atoms with van der Waals surface area (Å²) in [5, 5.41) is 5.95. The first-order valence-corrected chi connectivity index (χ1v) is 8.82. The highest BCUT2D eigenvalue weighted by Gasteiger charge is 2.06. The molecule has 0 fully saturated rings. The lowest BCUT2D eigenvalue weighted by Crippen LogP contribution is -2.22. The van der Waals surface area contributed by atoms with E-state index >= 15 is 0 Å². The SMILES string of the molecule is C=CCOc1ccccc1NCC(=O)Nc1ccc(OCCCC)cc1. The summed E-state index contributed by atoms with van der Waals surface area (Å²) in [6, 6.07) is 14.9. The van der Waals surface area contributed by atoms with Crippen molar-refractivity contribution < 1.29 is 14.3 Å². The van der Waals surface area contributed by atoms with Gasteiger partial charge in [-0.05, 0) is 42.8 Å². The number of para-hydroxylation sites is 2. The monoisotopic (exact) mass is 354 g/mol. The van der Waals surface area contributed by atoms with E-state index in [1.165, 1.54) is 0 Å². The van der Waals surface area contributed by atoms with Gasteiger partial charge in [0, 0.05) is 5.69 Å². The molecule has 0 saturated heterocycles. The molecule has 138 valence electrons. The van der Waals surface area contributed by atoms with Crippen LogP contribution in [-0.4, -0.2) is 25.7 Å². The number of hydrogen-bond acceptors (Lipinski definition) is 4. The van der Waals surface area contributed by atoms with Gasteiger partial charge in [0.05, 0.1) is 18.8 Å². The summed E-state index contributed by atoms with van der Waals surface area (Å²) >= 11 is 0. The van der Waals surface area contributed by atoms with Gasteiger partial charge >= 0.3 is 0 Å². The largest absolute Gasteiger partial charge is 0.494 e. The van der Waals surface area contributed by atoms with Crippen LogP contribution < -0.4 is 20.1 Å². The number of amides is 1. The van der Waals surface area contributed by atoms with E-state index in [4.69, 9.17) is 9.47 Å². The van der Waals surface area contributed by atoms with Crippen molar-refractivity contribution in [3.8, 4) is 11.5 Å². The van der Waals surface area contributed by atoms with Gasteiger partial charge in [-0.15, -0.1) is 0 Å². The molecule has 0 aliphatic heterocycles. The minimum atomic E-state index is -0.136. The molecule has 0 heterocycles. The van der Waals surface area contributed by atoms with Gasteiger partial charge in [-0.1, -0.05) is 38.1 Å². The third-order valence-electron chi connectivity index (χ3n) is 3.59. The van der Waals surface area contributed by atoms with Crippen LogP contribution in [0.5, 0.6) is 11.5 Å². The molecular formula is C21H26N2O3. The van der Waals surface area contributed by atoms with Crippen molar-refractivity contribution in [2.75, 3.05) is 30.4 Å². The summed E-state index contributed by atoms with van der Waals surface area (Å²) in [4.78, 5) is 12.1. The summed E-state index contributed by atoms with van der Waals surface area (Å²) < 4.78 is 11.2. The summed E-state index contributed by atoms with van der Waals surface area (Å²) in [6.45, 7) is 7.02. The van der Waals surface area contributed by atoms with Gasteiger partial charge < -0.3 is 20.1 Å².